The molecule has 2 aromatic rings. The molecule has 3 nitrogen and oxygen atoms in total. The Morgan fingerprint density at radius 1 is 1.40 bits per heavy atom. The fourth-order valence-corrected chi connectivity index (χ4v) is 3.00. The summed E-state index contributed by atoms with van der Waals surface area (Å²) in [6.45, 7) is 0.551. The van der Waals surface area contributed by atoms with Crippen molar-refractivity contribution < 1.29 is 14.3 Å². The SMILES string of the molecule is O=C(O)c1cccc(F)c1N(Cc1ccsc1)C1CC1. The zero-order valence-corrected chi connectivity index (χ0v) is 11.6. The summed E-state index contributed by atoms with van der Waals surface area (Å²) in [6.07, 6.45) is 1.97. The second-order valence-corrected chi connectivity index (χ2v) is 5.71. The zero-order chi connectivity index (χ0) is 14.1. The largest absolute Gasteiger partial charge is 0.478 e. The molecule has 5 heteroatoms. The van der Waals surface area contributed by atoms with Crippen molar-refractivity contribution in [3.63, 3.8) is 0 Å². The second kappa shape index (κ2) is 5.25. The average molecular weight is 291 g/mol. The fraction of sp³-hybridized carbons (Fsp3) is 0.267. The number of para-hydroxylation sites is 1. The van der Waals surface area contributed by atoms with E-state index in [4.69, 9.17) is 0 Å². The molecule has 1 saturated carbocycles. The van der Waals surface area contributed by atoms with Gasteiger partial charge in [-0.3, -0.25) is 0 Å². The maximum absolute atomic E-state index is 14.2. The standard InChI is InChI=1S/C15H14FNO2S/c16-13-3-1-2-12(15(18)19)14(13)17(11-4-5-11)8-10-6-7-20-9-10/h1-3,6-7,9,11H,4-5,8H2,(H,18,19). The Morgan fingerprint density at radius 2 is 2.20 bits per heavy atom. The van der Waals surface area contributed by atoms with Gasteiger partial charge in [0.25, 0.3) is 0 Å². The van der Waals surface area contributed by atoms with Crippen molar-refractivity contribution in [3.8, 4) is 0 Å². The number of aromatic carboxylic acids is 1. The van der Waals surface area contributed by atoms with Gasteiger partial charge in [0.15, 0.2) is 0 Å². The third-order valence-corrected chi connectivity index (χ3v) is 4.16. The topological polar surface area (TPSA) is 40.5 Å². The van der Waals surface area contributed by atoms with E-state index in [0.717, 1.165) is 18.4 Å². The molecule has 1 aromatic carbocycles. The highest BCUT2D eigenvalue weighted by atomic mass is 32.1. The van der Waals surface area contributed by atoms with Gasteiger partial charge in [-0.1, -0.05) is 6.07 Å². The summed E-state index contributed by atoms with van der Waals surface area (Å²) < 4.78 is 14.2. The highest BCUT2D eigenvalue weighted by Crippen LogP contribution is 2.36. The average Bonchev–Trinajstić information content (AvgIpc) is 3.13. The Morgan fingerprint density at radius 3 is 2.80 bits per heavy atom. The van der Waals surface area contributed by atoms with Crippen LogP contribution in [0.25, 0.3) is 0 Å². The van der Waals surface area contributed by atoms with Crippen LogP contribution in [0.5, 0.6) is 0 Å². The molecule has 0 spiro atoms. The van der Waals surface area contributed by atoms with Crippen LogP contribution in [-0.2, 0) is 6.54 Å². The van der Waals surface area contributed by atoms with Gasteiger partial charge in [0.2, 0.25) is 0 Å². The molecule has 20 heavy (non-hydrogen) atoms. The number of carboxylic acid groups (broad SMARTS) is 1. The summed E-state index contributed by atoms with van der Waals surface area (Å²) in [4.78, 5) is 13.2. The van der Waals surface area contributed by atoms with Crippen molar-refractivity contribution in [1.82, 2.24) is 0 Å². The summed E-state index contributed by atoms with van der Waals surface area (Å²) in [5.41, 5.74) is 1.34. The summed E-state index contributed by atoms with van der Waals surface area (Å²) in [6, 6.07) is 6.46. The second-order valence-electron chi connectivity index (χ2n) is 4.93. The van der Waals surface area contributed by atoms with Gasteiger partial charge in [-0.15, -0.1) is 0 Å². The number of thiophene rings is 1. The van der Waals surface area contributed by atoms with Crippen molar-refractivity contribution in [3.05, 3.63) is 52.0 Å². The third-order valence-electron chi connectivity index (χ3n) is 3.43. The molecule has 1 fully saturated rings. The molecule has 0 unspecified atom stereocenters. The number of rotatable bonds is 5. The highest BCUT2D eigenvalue weighted by Gasteiger charge is 2.33. The van der Waals surface area contributed by atoms with Crippen LogP contribution in [0.1, 0.15) is 28.8 Å². The van der Waals surface area contributed by atoms with Gasteiger partial charge >= 0.3 is 5.97 Å². The van der Waals surface area contributed by atoms with Crippen LogP contribution in [0, 0.1) is 5.82 Å². The van der Waals surface area contributed by atoms with E-state index in [1.165, 1.54) is 18.2 Å². The smallest absolute Gasteiger partial charge is 0.337 e. The number of nitrogens with zero attached hydrogens (tertiary/aromatic N) is 1. The van der Waals surface area contributed by atoms with Crippen LogP contribution in [0.2, 0.25) is 0 Å². The molecule has 0 radical (unpaired) electrons. The van der Waals surface area contributed by atoms with Crippen molar-refractivity contribution >= 4 is 23.0 Å². The first-order valence-corrected chi connectivity index (χ1v) is 7.40. The van der Waals surface area contributed by atoms with Gasteiger partial charge in [0.1, 0.15) is 5.82 Å². The first kappa shape index (κ1) is 13.1. The monoisotopic (exact) mass is 291 g/mol. The van der Waals surface area contributed by atoms with Gasteiger partial charge in [0.05, 0.1) is 11.3 Å². The van der Waals surface area contributed by atoms with E-state index < -0.39 is 11.8 Å². The number of carboxylic acids is 1. The lowest BCUT2D eigenvalue weighted by Gasteiger charge is -2.26. The molecule has 1 aliphatic rings. The Bertz CT molecular complexity index is 623. The predicted molar refractivity (Wildman–Crippen MR) is 76.9 cm³/mol. The number of anilines is 1. The Labute approximate surface area is 120 Å². The molecule has 0 atom stereocenters. The van der Waals surface area contributed by atoms with E-state index >= 15 is 0 Å². The van der Waals surface area contributed by atoms with E-state index in [1.807, 2.05) is 21.7 Å². The highest BCUT2D eigenvalue weighted by molar-refractivity contribution is 7.07. The predicted octanol–water partition coefficient (Wildman–Crippen LogP) is 3.75. The minimum Gasteiger partial charge on any atom is -0.478 e. The van der Waals surface area contributed by atoms with E-state index in [9.17, 15) is 14.3 Å². The zero-order valence-electron chi connectivity index (χ0n) is 10.8. The van der Waals surface area contributed by atoms with Crippen LogP contribution in [0.15, 0.2) is 35.0 Å². The molecule has 1 aromatic heterocycles. The third kappa shape index (κ3) is 2.54. The molecule has 1 N–H and O–H groups in total. The van der Waals surface area contributed by atoms with Gasteiger partial charge in [-0.2, -0.15) is 11.3 Å². The van der Waals surface area contributed by atoms with Crippen LogP contribution >= 0.6 is 11.3 Å². The van der Waals surface area contributed by atoms with Crippen molar-refractivity contribution in [2.75, 3.05) is 4.90 Å². The lowest BCUT2D eigenvalue weighted by molar-refractivity contribution is 0.0697. The van der Waals surface area contributed by atoms with Crippen LogP contribution in [-0.4, -0.2) is 17.1 Å². The molecule has 3 rings (SSSR count). The van der Waals surface area contributed by atoms with Crippen LogP contribution in [0.4, 0.5) is 10.1 Å². The van der Waals surface area contributed by atoms with Crippen LogP contribution < -0.4 is 4.90 Å². The molecular formula is C15H14FNO2S. The van der Waals surface area contributed by atoms with Crippen molar-refractivity contribution in [1.29, 1.82) is 0 Å². The van der Waals surface area contributed by atoms with E-state index in [0.29, 0.717) is 6.54 Å². The molecular weight excluding hydrogens is 277 g/mol. The van der Waals surface area contributed by atoms with E-state index in [-0.39, 0.29) is 17.3 Å². The minimum absolute atomic E-state index is 0.0344. The molecule has 0 aliphatic heterocycles. The number of halogens is 1. The summed E-state index contributed by atoms with van der Waals surface area (Å²) in [5.74, 6) is -1.55. The van der Waals surface area contributed by atoms with Gasteiger partial charge in [-0.25, -0.2) is 9.18 Å². The molecule has 1 aliphatic carbocycles. The fourth-order valence-electron chi connectivity index (χ4n) is 2.34. The van der Waals surface area contributed by atoms with Crippen LogP contribution in [0.3, 0.4) is 0 Å². The molecule has 104 valence electrons. The molecule has 1 heterocycles. The lowest BCUT2D eigenvalue weighted by atomic mass is 10.1. The number of hydrogen-bond donors (Lipinski definition) is 1. The number of hydrogen-bond acceptors (Lipinski definition) is 3. The van der Waals surface area contributed by atoms with Gasteiger partial charge in [-0.05, 0) is 47.4 Å². The van der Waals surface area contributed by atoms with E-state index in [1.54, 1.807) is 11.3 Å². The summed E-state index contributed by atoms with van der Waals surface area (Å²) >= 11 is 1.59. The Balaban J connectivity index is 2.01. The summed E-state index contributed by atoms with van der Waals surface area (Å²) in [5, 5.41) is 13.3. The van der Waals surface area contributed by atoms with Gasteiger partial charge < -0.3 is 10.0 Å². The lowest BCUT2D eigenvalue weighted by Crippen LogP contribution is -2.27. The maximum Gasteiger partial charge on any atom is 0.337 e. The first-order valence-electron chi connectivity index (χ1n) is 6.46. The number of benzene rings is 1. The Kier molecular flexibility index (Phi) is 3.44. The normalized spacial score (nSPS) is 14.2. The number of carbonyl (C=O) groups is 1. The summed E-state index contributed by atoms with van der Waals surface area (Å²) in [7, 11) is 0. The molecule has 0 bridgehead atoms. The van der Waals surface area contributed by atoms with Crippen molar-refractivity contribution in [2.24, 2.45) is 0 Å². The molecule has 0 amide bonds. The van der Waals surface area contributed by atoms with Gasteiger partial charge in [0, 0.05) is 12.6 Å². The quantitative estimate of drug-likeness (QED) is 0.912. The van der Waals surface area contributed by atoms with Crippen molar-refractivity contribution in [2.45, 2.75) is 25.4 Å². The Hall–Kier alpha value is -1.88. The minimum atomic E-state index is -1.09. The first-order chi connectivity index (χ1) is 9.66. The van der Waals surface area contributed by atoms with E-state index in [2.05, 4.69) is 0 Å². The molecule has 0 saturated heterocycles. The maximum atomic E-state index is 14.2.